The quantitative estimate of drug-likeness (QED) is 0.542. The van der Waals surface area contributed by atoms with E-state index < -0.39 is 0 Å². The molecule has 0 spiro atoms. The molecule has 0 aliphatic carbocycles. The zero-order valence-electron chi connectivity index (χ0n) is 8.21. The number of hydrogen-bond acceptors (Lipinski definition) is 1. The molecule has 0 aromatic rings. The Morgan fingerprint density at radius 1 is 1.00 bits per heavy atom. The van der Waals surface area contributed by atoms with Crippen LogP contribution in [0.4, 0.5) is 0 Å². The van der Waals surface area contributed by atoms with Crippen molar-refractivity contribution in [3.63, 3.8) is 0 Å². The van der Waals surface area contributed by atoms with Gasteiger partial charge >= 0.3 is 0 Å². The fourth-order valence-corrected chi connectivity index (χ4v) is 0. The molecule has 1 N–H and O–H groups in total. The van der Waals surface area contributed by atoms with Crippen LogP contribution >= 0.6 is 0 Å². The van der Waals surface area contributed by atoms with Gasteiger partial charge in [-0.15, -0.1) is 0 Å². The Morgan fingerprint density at radius 2 is 1.10 bits per heavy atom. The van der Waals surface area contributed by atoms with Crippen molar-refractivity contribution >= 4 is 5.71 Å². The largest absolute Gasteiger partial charge is 0.305 e. The highest BCUT2D eigenvalue weighted by Gasteiger charge is 1.80. The van der Waals surface area contributed by atoms with Crippen LogP contribution in [0.1, 0.15) is 41.5 Å². The van der Waals surface area contributed by atoms with Gasteiger partial charge in [0.25, 0.3) is 0 Å². The molecule has 0 aromatic heterocycles. The van der Waals surface area contributed by atoms with Gasteiger partial charge in [-0.05, 0) is 19.4 Å². The Bertz CT molecular complexity index is 70.7. The Labute approximate surface area is 65.7 Å². The molecule has 0 aromatic carbocycles. The minimum absolute atomic E-state index is 0.565. The number of hydrogen-bond donors (Lipinski definition) is 1. The highest BCUT2D eigenvalue weighted by atomic mass is 14.4. The maximum Gasteiger partial charge on any atom is 0.0306 e. The maximum absolute atomic E-state index is 6.85. The minimum Gasteiger partial charge on any atom is -0.305 e. The van der Waals surface area contributed by atoms with Gasteiger partial charge < -0.3 is 5.41 Å². The molecule has 1 heteroatoms. The standard InChI is InChI=1S/C5H9N.2C2H6/c1-4(2)5(3)6;2*1-2/h6H,1H2,2-3H3;2*1-2H3. The zero-order chi connectivity index (χ0) is 9.15. The summed E-state index contributed by atoms with van der Waals surface area (Å²) in [6, 6.07) is 0. The third-order valence-electron chi connectivity index (χ3n) is 0.640. The second-order valence-electron chi connectivity index (χ2n) is 1.41. The summed E-state index contributed by atoms with van der Waals surface area (Å²) in [4.78, 5) is 0. The van der Waals surface area contributed by atoms with Crippen molar-refractivity contribution < 1.29 is 0 Å². The summed E-state index contributed by atoms with van der Waals surface area (Å²) < 4.78 is 0. The Morgan fingerprint density at radius 3 is 1.10 bits per heavy atom. The molecule has 1 nitrogen and oxygen atoms in total. The highest BCUT2D eigenvalue weighted by Crippen LogP contribution is 1.84. The van der Waals surface area contributed by atoms with Gasteiger partial charge in [0.15, 0.2) is 0 Å². The third kappa shape index (κ3) is 26.2. The number of nitrogens with one attached hydrogen (secondary N) is 1. The van der Waals surface area contributed by atoms with Crippen molar-refractivity contribution in [2.45, 2.75) is 41.5 Å². The van der Waals surface area contributed by atoms with Crippen molar-refractivity contribution in [1.29, 1.82) is 5.41 Å². The van der Waals surface area contributed by atoms with Crippen LogP contribution in [0.25, 0.3) is 0 Å². The minimum atomic E-state index is 0.565. The van der Waals surface area contributed by atoms with Crippen LogP contribution in [-0.4, -0.2) is 5.71 Å². The molecule has 0 aliphatic heterocycles. The SMILES string of the molecule is C=C(C)C(C)=N.CC.CC. The lowest BCUT2D eigenvalue weighted by Gasteiger charge is -1.85. The van der Waals surface area contributed by atoms with Crippen LogP contribution in [-0.2, 0) is 0 Å². The second-order valence-corrected chi connectivity index (χ2v) is 1.41. The van der Waals surface area contributed by atoms with E-state index in [9.17, 15) is 0 Å². The molecule has 0 fully saturated rings. The van der Waals surface area contributed by atoms with Crippen LogP contribution in [0, 0.1) is 5.41 Å². The zero-order valence-corrected chi connectivity index (χ0v) is 8.21. The van der Waals surface area contributed by atoms with E-state index >= 15 is 0 Å². The predicted molar refractivity (Wildman–Crippen MR) is 50.9 cm³/mol. The monoisotopic (exact) mass is 143 g/mol. The van der Waals surface area contributed by atoms with Crippen molar-refractivity contribution in [3.05, 3.63) is 12.2 Å². The first-order chi connectivity index (χ1) is 4.64. The number of allylic oxidation sites excluding steroid dienone is 1. The van der Waals surface area contributed by atoms with E-state index in [1.807, 2.05) is 34.6 Å². The molecule has 0 atom stereocenters. The lowest BCUT2D eigenvalue weighted by atomic mass is 10.2. The highest BCUT2D eigenvalue weighted by molar-refractivity contribution is 5.94. The fraction of sp³-hybridized carbons (Fsp3) is 0.667. The molecule has 62 valence electrons. The van der Waals surface area contributed by atoms with Crippen LogP contribution in [0.2, 0.25) is 0 Å². The second kappa shape index (κ2) is 15.8. The smallest absolute Gasteiger partial charge is 0.0306 e. The summed E-state index contributed by atoms with van der Waals surface area (Å²) in [5, 5.41) is 6.85. The van der Waals surface area contributed by atoms with Gasteiger partial charge in [-0.2, -0.15) is 0 Å². The van der Waals surface area contributed by atoms with E-state index in [-0.39, 0.29) is 0 Å². The van der Waals surface area contributed by atoms with Crippen molar-refractivity contribution in [2.24, 2.45) is 0 Å². The summed E-state index contributed by atoms with van der Waals surface area (Å²) >= 11 is 0. The molecule has 0 bridgehead atoms. The molecule has 0 saturated carbocycles. The van der Waals surface area contributed by atoms with Gasteiger partial charge in [0, 0.05) is 5.71 Å². The fourth-order valence-electron chi connectivity index (χ4n) is 0. The summed E-state index contributed by atoms with van der Waals surface area (Å²) in [6.45, 7) is 15.1. The maximum atomic E-state index is 6.85. The number of rotatable bonds is 1. The van der Waals surface area contributed by atoms with Gasteiger partial charge in [0.2, 0.25) is 0 Å². The predicted octanol–water partition coefficient (Wildman–Crippen LogP) is 3.65. The summed E-state index contributed by atoms with van der Waals surface area (Å²) in [7, 11) is 0. The first-order valence-electron chi connectivity index (χ1n) is 3.85. The van der Waals surface area contributed by atoms with Crippen molar-refractivity contribution in [2.75, 3.05) is 0 Å². The summed E-state index contributed by atoms with van der Waals surface area (Å²) in [5.74, 6) is 0. The van der Waals surface area contributed by atoms with E-state index in [1.165, 1.54) is 0 Å². The van der Waals surface area contributed by atoms with E-state index in [1.54, 1.807) is 6.92 Å². The van der Waals surface area contributed by atoms with E-state index in [0.29, 0.717) is 5.71 Å². The average Bonchev–Trinajstić information content (AvgIpc) is 1.96. The van der Waals surface area contributed by atoms with Crippen molar-refractivity contribution in [1.82, 2.24) is 0 Å². The molecule has 0 aliphatic rings. The molecule has 0 amide bonds. The van der Waals surface area contributed by atoms with Crippen LogP contribution in [0.5, 0.6) is 0 Å². The van der Waals surface area contributed by atoms with Crippen LogP contribution in [0.3, 0.4) is 0 Å². The molecule has 0 saturated heterocycles. The first-order valence-corrected chi connectivity index (χ1v) is 3.85. The average molecular weight is 143 g/mol. The van der Waals surface area contributed by atoms with Gasteiger partial charge in [0.1, 0.15) is 0 Å². The Kier molecular flexibility index (Phi) is 25.6. The summed E-state index contributed by atoms with van der Waals surface area (Å²) in [6.07, 6.45) is 0. The van der Waals surface area contributed by atoms with Gasteiger partial charge in [0.05, 0.1) is 0 Å². The lowest BCUT2D eigenvalue weighted by molar-refractivity contribution is 1.43. The topological polar surface area (TPSA) is 23.9 Å². The van der Waals surface area contributed by atoms with Crippen LogP contribution < -0.4 is 0 Å². The van der Waals surface area contributed by atoms with Gasteiger partial charge in [-0.25, -0.2) is 0 Å². The Hall–Kier alpha value is -0.590. The molecule has 0 heterocycles. The van der Waals surface area contributed by atoms with Crippen LogP contribution in [0.15, 0.2) is 12.2 Å². The third-order valence-corrected chi connectivity index (χ3v) is 0.640. The van der Waals surface area contributed by atoms with E-state index in [2.05, 4.69) is 6.58 Å². The summed E-state index contributed by atoms with van der Waals surface area (Å²) in [5.41, 5.74) is 1.41. The normalized spacial score (nSPS) is 5.80. The van der Waals surface area contributed by atoms with E-state index in [4.69, 9.17) is 5.41 Å². The molecule has 0 radical (unpaired) electrons. The molecular weight excluding hydrogens is 122 g/mol. The Balaban J connectivity index is -0.000000105. The first kappa shape index (κ1) is 16.2. The van der Waals surface area contributed by atoms with Crippen molar-refractivity contribution in [3.8, 4) is 0 Å². The molecular formula is C9H21N. The van der Waals surface area contributed by atoms with E-state index in [0.717, 1.165) is 5.57 Å². The van der Waals surface area contributed by atoms with Gasteiger partial charge in [-0.1, -0.05) is 34.3 Å². The van der Waals surface area contributed by atoms with Gasteiger partial charge in [-0.3, -0.25) is 0 Å². The molecule has 10 heavy (non-hydrogen) atoms. The molecule has 0 unspecified atom stereocenters. The molecule has 0 rings (SSSR count). The lowest BCUT2D eigenvalue weighted by Crippen LogP contribution is -1.84.